The zero-order valence-electron chi connectivity index (χ0n) is 13.6. The number of hydrogen-bond donors (Lipinski definition) is 2. The first-order valence-electron chi connectivity index (χ1n) is 9.24. The van der Waals surface area contributed by atoms with Gasteiger partial charge < -0.3 is 15.3 Å². The molecule has 4 saturated carbocycles. The smallest absolute Gasteiger partial charge is 0.0796 e. The minimum Gasteiger partial charge on any atom is -0.388 e. The number of fused-ring (bicyclic) bond motifs is 1. The summed E-state index contributed by atoms with van der Waals surface area (Å²) >= 11 is 0. The fourth-order valence-corrected chi connectivity index (χ4v) is 5.90. The average Bonchev–Trinajstić information content (AvgIpc) is 2.64. The van der Waals surface area contributed by atoms with E-state index in [1.807, 2.05) is 0 Å². The first-order chi connectivity index (χ1) is 10.1. The zero-order valence-corrected chi connectivity index (χ0v) is 13.6. The van der Waals surface area contributed by atoms with Crippen LogP contribution in [0.3, 0.4) is 0 Å². The highest BCUT2D eigenvalue weighted by molar-refractivity contribution is 4.98. The van der Waals surface area contributed by atoms with Crippen LogP contribution in [0.2, 0.25) is 0 Å². The van der Waals surface area contributed by atoms with Gasteiger partial charge in [0.05, 0.1) is 5.60 Å². The molecule has 3 heteroatoms. The molecule has 0 amide bonds. The van der Waals surface area contributed by atoms with Crippen LogP contribution in [0, 0.1) is 23.7 Å². The summed E-state index contributed by atoms with van der Waals surface area (Å²) in [6, 6.07) is 0.689. The molecule has 2 N–H and O–H groups in total. The lowest BCUT2D eigenvalue weighted by Gasteiger charge is -2.40. The molecule has 0 radical (unpaired) electrons. The van der Waals surface area contributed by atoms with Crippen molar-refractivity contribution < 1.29 is 5.11 Å². The number of nitrogens with zero attached hydrogens (tertiary/aromatic N) is 1. The molecule has 0 aromatic rings. The highest BCUT2D eigenvalue weighted by Gasteiger charge is 2.44. The number of aliphatic hydroxyl groups is 1. The number of piperidine rings is 1. The Hall–Kier alpha value is -0.120. The molecule has 3 atom stereocenters. The van der Waals surface area contributed by atoms with Crippen molar-refractivity contribution in [1.29, 1.82) is 0 Å². The average molecular weight is 292 g/mol. The molecule has 0 aromatic carbocycles. The van der Waals surface area contributed by atoms with Crippen LogP contribution in [-0.2, 0) is 0 Å². The number of rotatable bonds is 3. The quantitative estimate of drug-likeness (QED) is 0.837. The van der Waals surface area contributed by atoms with Crippen LogP contribution < -0.4 is 5.32 Å². The summed E-state index contributed by atoms with van der Waals surface area (Å²) in [7, 11) is 2.16. The molecule has 3 nitrogen and oxygen atoms in total. The molecule has 5 fully saturated rings. The normalized spacial score (nSPS) is 45.7. The molecular formula is C18H32N2O. The molecule has 5 aliphatic rings. The second kappa shape index (κ2) is 5.50. The Bertz CT molecular complexity index is 363. The Balaban J connectivity index is 1.36. The van der Waals surface area contributed by atoms with E-state index in [0.29, 0.717) is 6.04 Å². The molecule has 4 bridgehead atoms. The third kappa shape index (κ3) is 3.02. The van der Waals surface area contributed by atoms with Gasteiger partial charge in [-0.15, -0.1) is 0 Å². The maximum Gasteiger partial charge on any atom is 0.0796 e. The third-order valence-electron chi connectivity index (χ3n) is 7.04. The minimum absolute atomic E-state index is 0.449. The third-order valence-corrected chi connectivity index (χ3v) is 7.04. The van der Waals surface area contributed by atoms with Crippen molar-refractivity contribution in [3.8, 4) is 0 Å². The molecule has 4 aliphatic carbocycles. The van der Waals surface area contributed by atoms with Gasteiger partial charge in [-0.1, -0.05) is 0 Å². The lowest BCUT2D eigenvalue weighted by atomic mass is 9.67. The number of nitrogens with one attached hydrogen (secondary N) is 1. The Morgan fingerprint density at radius 1 is 0.952 bits per heavy atom. The summed E-state index contributed by atoms with van der Waals surface area (Å²) in [6.45, 7) is 2.90. The summed E-state index contributed by atoms with van der Waals surface area (Å²) < 4.78 is 0. The van der Waals surface area contributed by atoms with Crippen molar-refractivity contribution in [2.45, 2.75) is 63.0 Å². The van der Waals surface area contributed by atoms with Crippen LogP contribution in [0.25, 0.3) is 0 Å². The van der Waals surface area contributed by atoms with Gasteiger partial charge in [0.25, 0.3) is 0 Å². The van der Waals surface area contributed by atoms with Gasteiger partial charge in [-0.2, -0.15) is 0 Å². The van der Waals surface area contributed by atoms with E-state index in [4.69, 9.17) is 0 Å². The van der Waals surface area contributed by atoms with Gasteiger partial charge in [-0.25, -0.2) is 0 Å². The van der Waals surface area contributed by atoms with Crippen LogP contribution >= 0.6 is 0 Å². The first kappa shape index (κ1) is 14.5. The largest absolute Gasteiger partial charge is 0.388 e. The van der Waals surface area contributed by atoms with Gasteiger partial charge >= 0.3 is 0 Å². The van der Waals surface area contributed by atoms with Gasteiger partial charge in [0.1, 0.15) is 0 Å². The fraction of sp³-hybridized carbons (Fsp3) is 1.00. The van der Waals surface area contributed by atoms with E-state index in [9.17, 15) is 5.11 Å². The zero-order chi connectivity index (χ0) is 14.4. The molecule has 1 heterocycles. The summed E-state index contributed by atoms with van der Waals surface area (Å²) in [4.78, 5) is 2.33. The first-order valence-corrected chi connectivity index (χ1v) is 9.24. The fourth-order valence-electron chi connectivity index (χ4n) is 5.90. The van der Waals surface area contributed by atoms with E-state index in [1.54, 1.807) is 0 Å². The van der Waals surface area contributed by atoms with Crippen molar-refractivity contribution in [3.05, 3.63) is 0 Å². The van der Waals surface area contributed by atoms with E-state index in [0.717, 1.165) is 56.1 Å². The van der Waals surface area contributed by atoms with Crippen molar-refractivity contribution in [2.24, 2.45) is 23.7 Å². The van der Waals surface area contributed by atoms with E-state index in [2.05, 4.69) is 17.3 Å². The van der Waals surface area contributed by atoms with Crippen molar-refractivity contribution in [1.82, 2.24) is 10.2 Å². The second-order valence-electron chi connectivity index (χ2n) is 8.79. The van der Waals surface area contributed by atoms with Crippen molar-refractivity contribution >= 4 is 0 Å². The maximum atomic E-state index is 10.8. The molecule has 0 spiro atoms. The van der Waals surface area contributed by atoms with Crippen molar-refractivity contribution in [3.63, 3.8) is 0 Å². The van der Waals surface area contributed by atoms with Gasteiger partial charge in [0.15, 0.2) is 0 Å². The molecular weight excluding hydrogens is 260 g/mol. The summed E-state index contributed by atoms with van der Waals surface area (Å²) in [5.41, 5.74) is -0.449. The summed E-state index contributed by atoms with van der Waals surface area (Å²) in [6.07, 6.45) is 10.7. The van der Waals surface area contributed by atoms with E-state index in [1.165, 1.54) is 38.5 Å². The molecule has 1 saturated heterocycles. The lowest BCUT2D eigenvalue weighted by Crippen LogP contribution is -2.52. The van der Waals surface area contributed by atoms with Crippen molar-refractivity contribution in [2.75, 3.05) is 26.7 Å². The molecule has 120 valence electrons. The molecule has 3 unspecified atom stereocenters. The standard InChI is InChI=1S/C18H32N2O/c1-20-4-2-18(21,3-5-20)12-19-17-11-15-7-13-6-14(8-15)10-16(17)9-13/h13-17,19,21H,2-12H2,1H3. The minimum atomic E-state index is -0.449. The van der Waals surface area contributed by atoms with Crippen LogP contribution in [0.5, 0.6) is 0 Å². The topological polar surface area (TPSA) is 35.5 Å². The number of likely N-dealkylation sites (tertiary alicyclic amines) is 1. The number of hydrogen-bond acceptors (Lipinski definition) is 3. The van der Waals surface area contributed by atoms with Crippen LogP contribution in [0.1, 0.15) is 51.4 Å². The Morgan fingerprint density at radius 3 is 2.14 bits per heavy atom. The SMILES string of the molecule is CN1CCC(O)(CNC2CC3CC4CC(C3)CC2C4)CC1. The van der Waals surface area contributed by atoms with Gasteiger partial charge in [0.2, 0.25) is 0 Å². The van der Waals surface area contributed by atoms with E-state index in [-0.39, 0.29) is 0 Å². The molecule has 5 rings (SSSR count). The summed E-state index contributed by atoms with van der Waals surface area (Å²) in [5, 5.41) is 14.6. The Labute approximate surface area is 129 Å². The predicted octanol–water partition coefficient (Wildman–Crippen LogP) is 2.25. The Morgan fingerprint density at radius 2 is 1.52 bits per heavy atom. The van der Waals surface area contributed by atoms with Crippen LogP contribution in [-0.4, -0.2) is 48.3 Å². The summed E-state index contributed by atoms with van der Waals surface area (Å²) in [5.74, 6) is 3.94. The van der Waals surface area contributed by atoms with Gasteiger partial charge in [-0.05, 0) is 82.1 Å². The van der Waals surface area contributed by atoms with E-state index >= 15 is 0 Å². The molecule has 21 heavy (non-hydrogen) atoms. The predicted molar refractivity (Wildman–Crippen MR) is 85.1 cm³/mol. The van der Waals surface area contributed by atoms with Gasteiger partial charge in [-0.3, -0.25) is 0 Å². The monoisotopic (exact) mass is 292 g/mol. The van der Waals surface area contributed by atoms with Gasteiger partial charge in [0, 0.05) is 25.7 Å². The Kier molecular flexibility index (Phi) is 3.79. The highest BCUT2D eigenvalue weighted by Crippen LogP contribution is 2.51. The lowest BCUT2D eigenvalue weighted by molar-refractivity contribution is -0.0182. The molecule has 0 aromatic heterocycles. The van der Waals surface area contributed by atoms with Crippen LogP contribution in [0.15, 0.2) is 0 Å². The molecule has 1 aliphatic heterocycles. The van der Waals surface area contributed by atoms with E-state index < -0.39 is 5.60 Å². The highest BCUT2D eigenvalue weighted by atomic mass is 16.3. The maximum absolute atomic E-state index is 10.8. The second-order valence-corrected chi connectivity index (χ2v) is 8.79. The van der Waals surface area contributed by atoms with Crippen LogP contribution in [0.4, 0.5) is 0 Å².